The van der Waals surface area contributed by atoms with Gasteiger partial charge in [-0.05, 0) is 24.1 Å². The van der Waals surface area contributed by atoms with Crippen LogP contribution in [0.3, 0.4) is 0 Å². The highest BCUT2D eigenvalue weighted by Gasteiger charge is 2.19. The van der Waals surface area contributed by atoms with Crippen LogP contribution in [0, 0.1) is 0 Å². The Bertz CT molecular complexity index is 528. The molecule has 0 fully saturated rings. The lowest BCUT2D eigenvalue weighted by atomic mass is 10.0. The van der Waals surface area contributed by atoms with Gasteiger partial charge in [-0.25, -0.2) is 0 Å². The summed E-state index contributed by atoms with van der Waals surface area (Å²) in [6, 6.07) is 8.55. The molecule has 3 rings (SSSR count). The van der Waals surface area contributed by atoms with Crippen molar-refractivity contribution in [1.29, 1.82) is 0 Å². The zero-order valence-corrected chi connectivity index (χ0v) is 9.64. The van der Waals surface area contributed by atoms with Crippen molar-refractivity contribution in [2.45, 2.75) is 6.42 Å². The minimum atomic E-state index is 1.08. The van der Waals surface area contributed by atoms with E-state index in [2.05, 4.69) is 41.3 Å². The molecular weight excluding hydrogens is 198 g/mol. The lowest BCUT2D eigenvalue weighted by Gasteiger charge is -2.12. The molecule has 1 aliphatic rings. The van der Waals surface area contributed by atoms with Gasteiger partial charge >= 0.3 is 0 Å². The SMILES string of the molecule is CN1CCc2c(-c3ccn(C)n3)cccc21. The highest BCUT2D eigenvalue weighted by atomic mass is 15.2. The van der Waals surface area contributed by atoms with Gasteiger partial charge in [-0.1, -0.05) is 12.1 Å². The van der Waals surface area contributed by atoms with E-state index in [0.717, 1.165) is 18.7 Å². The maximum Gasteiger partial charge on any atom is 0.0926 e. The third kappa shape index (κ3) is 1.32. The maximum absolute atomic E-state index is 4.48. The standard InChI is InChI=1S/C13H15N3/c1-15-8-6-11-10(4-3-5-13(11)15)12-7-9-16(2)14-12/h3-5,7,9H,6,8H2,1-2H3. The van der Waals surface area contributed by atoms with Crippen LogP contribution in [0.4, 0.5) is 5.69 Å². The van der Waals surface area contributed by atoms with Gasteiger partial charge in [0.25, 0.3) is 0 Å². The van der Waals surface area contributed by atoms with Gasteiger partial charge in [-0.3, -0.25) is 4.68 Å². The summed E-state index contributed by atoms with van der Waals surface area (Å²) in [4.78, 5) is 2.31. The molecule has 0 amide bonds. The van der Waals surface area contributed by atoms with Gasteiger partial charge in [0.15, 0.2) is 0 Å². The molecule has 1 aliphatic heterocycles. The fourth-order valence-corrected chi connectivity index (χ4v) is 2.39. The molecule has 0 unspecified atom stereocenters. The summed E-state index contributed by atoms with van der Waals surface area (Å²) in [6.07, 6.45) is 3.12. The monoisotopic (exact) mass is 213 g/mol. The first-order chi connectivity index (χ1) is 7.75. The van der Waals surface area contributed by atoms with Crippen LogP contribution in [-0.2, 0) is 13.5 Å². The fraction of sp³-hybridized carbons (Fsp3) is 0.308. The summed E-state index contributed by atoms with van der Waals surface area (Å²) in [5.74, 6) is 0. The van der Waals surface area contributed by atoms with Crippen LogP contribution in [0.15, 0.2) is 30.5 Å². The van der Waals surface area contributed by atoms with Crippen LogP contribution in [-0.4, -0.2) is 23.4 Å². The Kier molecular flexibility index (Phi) is 1.99. The number of benzene rings is 1. The van der Waals surface area contributed by atoms with Crippen LogP contribution >= 0.6 is 0 Å². The van der Waals surface area contributed by atoms with E-state index in [1.165, 1.54) is 16.8 Å². The molecule has 0 saturated carbocycles. The van der Waals surface area contributed by atoms with Crippen LogP contribution in [0.2, 0.25) is 0 Å². The Morgan fingerprint density at radius 3 is 2.81 bits per heavy atom. The van der Waals surface area contributed by atoms with Gasteiger partial charge in [0.1, 0.15) is 0 Å². The molecule has 82 valence electrons. The highest BCUT2D eigenvalue weighted by molar-refractivity contribution is 5.74. The summed E-state index contributed by atoms with van der Waals surface area (Å²) >= 11 is 0. The third-order valence-corrected chi connectivity index (χ3v) is 3.25. The van der Waals surface area contributed by atoms with Crippen LogP contribution in [0.1, 0.15) is 5.56 Å². The number of hydrogen-bond acceptors (Lipinski definition) is 2. The second-order valence-electron chi connectivity index (χ2n) is 4.35. The molecule has 3 heteroatoms. The second kappa shape index (κ2) is 3.37. The summed E-state index contributed by atoms with van der Waals surface area (Å²) < 4.78 is 1.85. The second-order valence-corrected chi connectivity index (χ2v) is 4.35. The number of nitrogens with zero attached hydrogens (tertiary/aromatic N) is 3. The predicted octanol–water partition coefficient (Wildman–Crippen LogP) is 2.08. The Labute approximate surface area is 95.3 Å². The van der Waals surface area contributed by atoms with Crippen molar-refractivity contribution in [3.05, 3.63) is 36.0 Å². The Balaban J connectivity index is 2.16. The Morgan fingerprint density at radius 2 is 2.06 bits per heavy atom. The third-order valence-electron chi connectivity index (χ3n) is 3.25. The number of aryl methyl sites for hydroxylation is 1. The van der Waals surface area contributed by atoms with Gasteiger partial charge in [0.2, 0.25) is 0 Å². The molecule has 0 atom stereocenters. The smallest absolute Gasteiger partial charge is 0.0926 e. The highest BCUT2D eigenvalue weighted by Crippen LogP contribution is 2.34. The summed E-state index contributed by atoms with van der Waals surface area (Å²) in [5, 5.41) is 4.48. The number of likely N-dealkylation sites (N-methyl/N-ethyl adjacent to an activating group) is 1. The average molecular weight is 213 g/mol. The van der Waals surface area contributed by atoms with E-state index in [1.807, 2.05) is 17.9 Å². The first-order valence-electron chi connectivity index (χ1n) is 5.59. The minimum Gasteiger partial charge on any atom is -0.374 e. The van der Waals surface area contributed by atoms with Gasteiger partial charge in [-0.2, -0.15) is 5.10 Å². The quantitative estimate of drug-likeness (QED) is 0.723. The van der Waals surface area contributed by atoms with Crippen molar-refractivity contribution < 1.29 is 0 Å². The topological polar surface area (TPSA) is 21.1 Å². The van der Waals surface area contributed by atoms with E-state index in [0.29, 0.717) is 0 Å². The Morgan fingerprint density at radius 1 is 1.19 bits per heavy atom. The lowest BCUT2D eigenvalue weighted by molar-refractivity contribution is 0.770. The van der Waals surface area contributed by atoms with Crippen molar-refractivity contribution in [2.75, 3.05) is 18.5 Å². The van der Waals surface area contributed by atoms with Crippen molar-refractivity contribution in [3.8, 4) is 11.3 Å². The molecule has 1 aromatic heterocycles. The number of aromatic nitrogens is 2. The molecule has 0 N–H and O–H groups in total. The zero-order valence-electron chi connectivity index (χ0n) is 9.64. The number of fused-ring (bicyclic) bond motifs is 1. The van der Waals surface area contributed by atoms with E-state index in [-0.39, 0.29) is 0 Å². The van der Waals surface area contributed by atoms with E-state index in [4.69, 9.17) is 0 Å². The fourth-order valence-electron chi connectivity index (χ4n) is 2.39. The maximum atomic E-state index is 4.48. The molecular formula is C13H15N3. The van der Waals surface area contributed by atoms with E-state index >= 15 is 0 Å². The lowest BCUT2D eigenvalue weighted by Crippen LogP contribution is -2.12. The molecule has 1 aromatic carbocycles. The van der Waals surface area contributed by atoms with Gasteiger partial charge in [-0.15, -0.1) is 0 Å². The van der Waals surface area contributed by atoms with Crippen molar-refractivity contribution in [1.82, 2.24) is 9.78 Å². The summed E-state index contributed by atoms with van der Waals surface area (Å²) in [6.45, 7) is 1.11. The van der Waals surface area contributed by atoms with Crippen molar-refractivity contribution >= 4 is 5.69 Å². The molecule has 2 heterocycles. The molecule has 0 bridgehead atoms. The molecule has 0 saturated heterocycles. The Hall–Kier alpha value is -1.77. The molecule has 0 spiro atoms. The molecule has 3 nitrogen and oxygen atoms in total. The van der Waals surface area contributed by atoms with Crippen molar-refractivity contribution in [3.63, 3.8) is 0 Å². The first kappa shape index (κ1) is 9.46. The van der Waals surface area contributed by atoms with E-state index in [1.54, 1.807) is 0 Å². The minimum absolute atomic E-state index is 1.08. The normalized spacial score (nSPS) is 14.2. The predicted molar refractivity (Wildman–Crippen MR) is 65.6 cm³/mol. The van der Waals surface area contributed by atoms with Crippen molar-refractivity contribution in [2.24, 2.45) is 7.05 Å². The molecule has 0 aliphatic carbocycles. The molecule has 2 aromatic rings. The average Bonchev–Trinajstić information content (AvgIpc) is 2.86. The van der Waals surface area contributed by atoms with Gasteiger partial charge in [0, 0.05) is 38.1 Å². The van der Waals surface area contributed by atoms with Gasteiger partial charge in [0.05, 0.1) is 5.69 Å². The summed E-state index contributed by atoms with van der Waals surface area (Å²) in [5.41, 5.74) is 5.14. The van der Waals surface area contributed by atoms with Crippen LogP contribution in [0.5, 0.6) is 0 Å². The number of hydrogen-bond donors (Lipinski definition) is 0. The van der Waals surface area contributed by atoms with E-state index in [9.17, 15) is 0 Å². The largest absolute Gasteiger partial charge is 0.374 e. The van der Waals surface area contributed by atoms with Crippen LogP contribution < -0.4 is 4.90 Å². The molecule has 0 radical (unpaired) electrons. The zero-order chi connectivity index (χ0) is 11.1. The molecule has 16 heavy (non-hydrogen) atoms. The van der Waals surface area contributed by atoms with Gasteiger partial charge < -0.3 is 4.90 Å². The number of rotatable bonds is 1. The van der Waals surface area contributed by atoms with Crippen LogP contribution in [0.25, 0.3) is 11.3 Å². The number of anilines is 1. The van der Waals surface area contributed by atoms with E-state index < -0.39 is 0 Å². The first-order valence-corrected chi connectivity index (χ1v) is 5.59. The summed E-state index contributed by atoms with van der Waals surface area (Å²) in [7, 11) is 4.10.